The standard InChI is InChI=1S/C26H28FN3O5/c1-3-11-29(26(32)28-21-6-4-5-20(27)13-21)16-25(31)30(15-22-9-7-18(2)35-22)14-19-8-10-23-24(12-19)34-17-33-23/h4-10,12-13H,3,11,14-17H2,1-2H3,(H,28,32). The number of hydrogen-bond acceptors (Lipinski definition) is 5. The van der Waals surface area contributed by atoms with E-state index in [1.54, 1.807) is 11.0 Å². The van der Waals surface area contributed by atoms with E-state index in [4.69, 9.17) is 13.9 Å². The molecule has 1 aliphatic rings. The van der Waals surface area contributed by atoms with Gasteiger partial charge in [-0.25, -0.2) is 9.18 Å². The van der Waals surface area contributed by atoms with Crippen LogP contribution in [-0.2, 0) is 17.9 Å². The van der Waals surface area contributed by atoms with Gasteiger partial charge in [-0.05, 0) is 61.4 Å². The molecule has 2 aromatic carbocycles. The van der Waals surface area contributed by atoms with E-state index < -0.39 is 11.8 Å². The van der Waals surface area contributed by atoms with Gasteiger partial charge < -0.3 is 29.0 Å². The molecule has 8 nitrogen and oxygen atoms in total. The monoisotopic (exact) mass is 481 g/mol. The molecule has 0 fully saturated rings. The number of fused-ring (bicyclic) bond motifs is 1. The van der Waals surface area contributed by atoms with Crippen molar-refractivity contribution in [1.29, 1.82) is 0 Å². The first-order valence-electron chi connectivity index (χ1n) is 11.4. The summed E-state index contributed by atoms with van der Waals surface area (Å²) in [5, 5.41) is 2.67. The van der Waals surface area contributed by atoms with Crippen molar-refractivity contribution in [3.63, 3.8) is 0 Å². The SMILES string of the molecule is CCCN(CC(=O)N(Cc1ccc2c(c1)OCO2)Cc1ccc(C)o1)C(=O)Nc1cccc(F)c1. The average Bonchev–Trinajstić information content (AvgIpc) is 3.46. The summed E-state index contributed by atoms with van der Waals surface area (Å²) in [5.41, 5.74) is 1.18. The summed E-state index contributed by atoms with van der Waals surface area (Å²) >= 11 is 0. The maximum absolute atomic E-state index is 13.5. The average molecular weight is 482 g/mol. The molecule has 4 rings (SSSR count). The molecular weight excluding hydrogens is 453 g/mol. The fourth-order valence-corrected chi connectivity index (χ4v) is 3.80. The summed E-state index contributed by atoms with van der Waals surface area (Å²) < 4.78 is 30.1. The van der Waals surface area contributed by atoms with E-state index >= 15 is 0 Å². The first kappa shape index (κ1) is 24.1. The summed E-state index contributed by atoms with van der Waals surface area (Å²) in [7, 11) is 0. The second kappa shape index (κ2) is 10.9. The van der Waals surface area contributed by atoms with E-state index in [-0.39, 0.29) is 25.8 Å². The minimum absolute atomic E-state index is 0.140. The van der Waals surface area contributed by atoms with E-state index in [2.05, 4.69) is 5.32 Å². The lowest BCUT2D eigenvalue weighted by Crippen LogP contribution is -2.44. The fourth-order valence-electron chi connectivity index (χ4n) is 3.80. The highest BCUT2D eigenvalue weighted by atomic mass is 19.1. The zero-order valence-corrected chi connectivity index (χ0v) is 19.8. The van der Waals surface area contributed by atoms with Gasteiger partial charge in [-0.2, -0.15) is 0 Å². The van der Waals surface area contributed by atoms with Crippen molar-refractivity contribution in [2.45, 2.75) is 33.4 Å². The number of rotatable bonds is 9. The highest BCUT2D eigenvalue weighted by molar-refractivity contribution is 5.92. The lowest BCUT2D eigenvalue weighted by Gasteiger charge is -2.27. The van der Waals surface area contributed by atoms with E-state index in [1.807, 2.05) is 44.2 Å². The van der Waals surface area contributed by atoms with Gasteiger partial charge >= 0.3 is 6.03 Å². The third-order valence-electron chi connectivity index (χ3n) is 5.49. The lowest BCUT2D eigenvalue weighted by molar-refractivity contribution is -0.133. The van der Waals surface area contributed by atoms with Crippen molar-refractivity contribution in [3.8, 4) is 11.5 Å². The van der Waals surface area contributed by atoms with E-state index in [9.17, 15) is 14.0 Å². The van der Waals surface area contributed by atoms with Crippen LogP contribution >= 0.6 is 0 Å². The number of halogens is 1. The lowest BCUT2D eigenvalue weighted by atomic mass is 10.2. The predicted octanol–water partition coefficient (Wildman–Crippen LogP) is 4.93. The second-order valence-electron chi connectivity index (χ2n) is 8.31. The third kappa shape index (κ3) is 6.32. The van der Waals surface area contributed by atoms with Gasteiger partial charge in [0.1, 0.15) is 23.9 Å². The maximum atomic E-state index is 13.5. The van der Waals surface area contributed by atoms with Crippen molar-refractivity contribution < 1.29 is 27.9 Å². The molecule has 0 bridgehead atoms. The number of hydrogen-bond donors (Lipinski definition) is 1. The highest BCUT2D eigenvalue weighted by Crippen LogP contribution is 2.33. The van der Waals surface area contributed by atoms with Gasteiger partial charge in [-0.15, -0.1) is 0 Å². The molecule has 184 valence electrons. The molecule has 0 saturated carbocycles. The smallest absolute Gasteiger partial charge is 0.322 e. The van der Waals surface area contributed by atoms with Crippen LogP contribution in [0.5, 0.6) is 11.5 Å². The van der Waals surface area contributed by atoms with Crippen molar-refractivity contribution in [2.75, 3.05) is 25.2 Å². The van der Waals surface area contributed by atoms with Crippen LogP contribution < -0.4 is 14.8 Å². The Morgan fingerprint density at radius 1 is 1.00 bits per heavy atom. The number of carbonyl (C=O) groups is 2. The number of amides is 3. The Kier molecular flexibility index (Phi) is 7.54. The van der Waals surface area contributed by atoms with Crippen molar-refractivity contribution in [2.24, 2.45) is 0 Å². The highest BCUT2D eigenvalue weighted by Gasteiger charge is 2.23. The van der Waals surface area contributed by atoms with Crippen LogP contribution in [0.4, 0.5) is 14.9 Å². The van der Waals surface area contributed by atoms with E-state index in [0.717, 1.165) is 11.3 Å². The second-order valence-corrected chi connectivity index (χ2v) is 8.31. The Morgan fingerprint density at radius 2 is 1.83 bits per heavy atom. The van der Waals surface area contributed by atoms with Crippen LogP contribution in [0.2, 0.25) is 0 Å². The summed E-state index contributed by atoms with van der Waals surface area (Å²) in [6.07, 6.45) is 0.656. The van der Waals surface area contributed by atoms with Crippen molar-refractivity contribution in [1.82, 2.24) is 9.80 Å². The minimum atomic E-state index is -0.470. The summed E-state index contributed by atoms with van der Waals surface area (Å²) in [6, 6.07) is 14.4. The normalized spacial score (nSPS) is 11.9. The number of aryl methyl sites for hydroxylation is 1. The summed E-state index contributed by atoms with van der Waals surface area (Å²) in [6.45, 7) is 4.69. The molecule has 9 heteroatoms. The Labute approximate surface area is 203 Å². The van der Waals surface area contributed by atoms with Crippen molar-refractivity contribution in [3.05, 3.63) is 77.5 Å². The number of nitrogens with zero attached hydrogens (tertiary/aromatic N) is 2. The van der Waals surface area contributed by atoms with Gasteiger partial charge in [0.15, 0.2) is 11.5 Å². The number of urea groups is 1. The molecular formula is C26H28FN3O5. The van der Waals surface area contributed by atoms with Gasteiger partial charge in [-0.1, -0.05) is 19.1 Å². The molecule has 1 aliphatic heterocycles. The van der Waals surface area contributed by atoms with Crippen LogP contribution in [0, 0.1) is 12.7 Å². The molecule has 3 aromatic rings. The molecule has 0 spiro atoms. The molecule has 0 radical (unpaired) electrons. The van der Waals surface area contributed by atoms with Crippen LogP contribution in [0.25, 0.3) is 0 Å². The maximum Gasteiger partial charge on any atom is 0.322 e. The first-order chi connectivity index (χ1) is 16.9. The Hall–Kier alpha value is -4.01. The molecule has 0 saturated heterocycles. The molecule has 35 heavy (non-hydrogen) atoms. The molecule has 2 heterocycles. The van der Waals surface area contributed by atoms with Crippen molar-refractivity contribution >= 4 is 17.6 Å². The van der Waals surface area contributed by atoms with Gasteiger partial charge in [-0.3, -0.25) is 4.79 Å². The Balaban J connectivity index is 1.50. The number of benzene rings is 2. The molecule has 3 amide bonds. The van der Waals surface area contributed by atoms with Gasteiger partial charge in [0.25, 0.3) is 0 Å². The Morgan fingerprint density at radius 3 is 2.57 bits per heavy atom. The number of nitrogens with one attached hydrogen (secondary N) is 1. The number of anilines is 1. The van der Waals surface area contributed by atoms with Crippen LogP contribution in [0.3, 0.4) is 0 Å². The molecule has 0 unspecified atom stereocenters. The van der Waals surface area contributed by atoms with Gasteiger partial charge in [0.05, 0.1) is 6.54 Å². The molecule has 0 aliphatic carbocycles. The molecule has 1 N–H and O–H groups in total. The number of furan rings is 1. The van der Waals surface area contributed by atoms with E-state index in [1.165, 1.54) is 23.1 Å². The van der Waals surface area contributed by atoms with Crippen LogP contribution in [-0.4, -0.2) is 41.6 Å². The van der Waals surface area contributed by atoms with Gasteiger partial charge in [0, 0.05) is 18.8 Å². The number of carbonyl (C=O) groups excluding carboxylic acids is 2. The zero-order valence-electron chi connectivity index (χ0n) is 19.8. The van der Waals surface area contributed by atoms with Crippen LogP contribution in [0.15, 0.2) is 59.0 Å². The molecule has 0 atom stereocenters. The zero-order chi connectivity index (χ0) is 24.8. The quantitative estimate of drug-likeness (QED) is 0.469. The number of ether oxygens (including phenoxy) is 2. The topological polar surface area (TPSA) is 84.2 Å². The fraction of sp³-hybridized carbons (Fsp3) is 0.308. The van der Waals surface area contributed by atoms with Gasteiger partial charge in [0.2, 0.25) is 12.7 Å². The van der Waals surface area contributed by atoms with Crippen LogP contribution in [0.1, 0.15) is 30.4 Å². The third-order valence-corrected chi connectivity index (χ3v) is 5.49. The minimum Gasteiger partial charge on any atom is -0.464 e. The van der Waals surface area contributed by atoms with E-state index in [0.29, 0.717) is 42.5 Å². The predicted molar refractivity (Wildman–Crippen MR) is 128 cm³/mol. The molecule has 1 aromatic heterocycles. The first-order valence-corrected chi connectivity index (χ1v) is 11.4. The largest absolute Gasteiger partial charge is 0.464 e. The Bertz CT molecular complexity index is 1200. The summed E-state index contributed by atoms with van der Waals surface area (Å²) in [5.74, 6) is 1.98. The summed E-state index contributed by atoms with van der Waals surface area (Å²) in [4.78, 5) is 29.4.